The highest BCUT2D eigenvalue weighted by Crippen LogP contribution is 2.37. The number of aldehydes is 1. The van der Waals surface area contributed by atoms with Crippen molar-refractivity contribution in [2.45, 2.75) is 6.54 Å². The minimum Gasteiger partial charge on any atom is -0.495 e. The summed E-state index contributed by atoms with van der Waals surface area (Å²) in [5, 5.41) is 7.51. The van der Waals surface area contributed by atoms with Crippen molar-refractivity contribution in [1.82, 2.24) is 10.2 Å². The van der Waals surface area contributed by atoms with E-state index in [0.717, 1.165) is 33.7 Å². The number of hydrogen-bond donors (Lipinski definition) is 2. The van der Waals surface area contributed by atoms with Crippen LogP contribution in [0.1, 0.15) is 26.3 Å². The van der Waals surface area contributed by atoms with Gasteiger partial charge in [-0.1, -0.05) is 24.8 Å². The summed E-state index contributed by atoms with van der Waals surface area (Å²) in [7, 11) is 4.84. The van der Waals surface area contributed by atoms with E-state index in [0.29, 0.717) is 34.7 Å². The Hall–Kier alpha value is -4.13. The Balaban J connectivity index is 1.77. The van der Waals surface area contributed by atoms with Crippen molar-refractivity contribution in [3.8, 4) is 16.9 Å². The molecule has 0 bridgehead atoms. The number of amides is 2. The van der Waals surface area contributed by atoms with Gasteiger partial charge in [0.05, 0.1) is 19.3 Å². The molecule has 3 aromatic carbocycles. The van der Waals surface area contributed by atoms with Gasteiger partial charge in [-0.25, -0.2) is 0 Å². The molecule has 3 aromatic rings. The van der Waals surface area contributed by atoms with E-state index < -0.39 is 0 Å². The molecule has 0 radical (unpaired) electrons. The molecule has 7 heteroatoms. The van der Waals surface area contributed by atoms with Crippen molar-refractivity contribution in [3.05, 3.63) is 71.3 Å². The summed E-state index contributed by atoms with van der Waals surface area (Å²) in [5.74, 6) is 0.172. The molecule has 0 atom stereocenters. The normalized spacial score (nSPS) is 12.5. The Morgan fingerprint density at radius 1 is 1.15 bits per heavy atom. The van der Waals surface area contributed by atoms with Gasteiger partial charge in [0.1, 0.15) is 5.75 Å². The molecule has 168 valence electrons. The zero-order valence-electron chi connectivity index (χ0n) is 18.8. The van der Waals surface area contributed by atoms with Gasteiger partial charge < -0.3 is 20.3 Å². The van der Waals surface area contributed by atoms with E-state index >= 15 is 0 Å². The largest absolute Gasteiger partial charge is 0.495 e. The summed E-state index contributed by atoms with van der Waals surface area (Å²) in [6.07, 6.45) is 0.798. The number of benzene rings is 3. The van der Waals surface area contributed by atoms with Crippen molar-refractivity contribution in [3.63, 3.8) is 0 Å². The van der Waals surface area contributed by atoms with Gasteiger partial charge in [0.25, 0.3) is 5.91 Å². The number of carbonyl (C=O) groups is 3. The van der Waals surface area contributed by atoms with Gasteiger partial charge in [-0.2, -0.15) is 0 Å². The van der Waals surface area contributed by atoms with Crippen LogP contribution in [0.4, 0.5) is 5.69 Å². The van der Waals surface area contributed by atoms with E-state index in [2.05, 4.69) is 17.2 Å². The molecule has 0 aliphatic carbocycles. The number of likely N-dealkylation sites (N-methyl/N-ethyl adjacent to an activating group) is 1. The summed E-state index contributed by atoms with van der Waals surface area (Å²) in [5.41, 5.74) is 4.75. The average molecular weight is 444 g/mol. The van der Waals surface area contributed by atoms with E-state index in [-0.39, 0.29) is 18.4 Å². The third-order valence-electron chi connectivity index (χ3n) is 5.99. The number of methoxy groups -OCH3 is 1. The smallest absolute Gasteiger partial charge is 0.254 e. The summed E-state index contributed by atoms with van der Waals surface area (Å²) in [6.45, 7) is 4.36. The lowest BCUT2D eigenvalue weighted by Gasteiger charge is -2.16. The van der Waals surface area contributed by atoms with Crippen LogP contribution in [0.5, 0.6) is 5.75 Å². The molecule has 1 aliphatic rings. The zero-order valence-corrected chi connectivity index (χ0v) is 18.8. The number of nitrogens with one attached hydrogen (secondary N) is 2. The van der Waals surface area contributed by atoms with Crippen molar-refractivity contribution < 1.29 is 19.1 Å². The number of fused-ring (bicyclic) bond motifs is 3. The first-order valence-electron chi connectivity index (χ1n) is 10.5. The Labute approximate surface area is 192 Å². The fourth-order valence-corrected chi connectivity index (χ4v) is 4.30. The SMILES string of the molecule is C=C(CN1Cc2c(ccc3ccc(-c4cc(C=O)c(NC)c(OC)c4)cc23)C1=O)C(=O)NC. The molecule has 33 heavy (non-hydrogen) atoms. The minimum absolute atomic E-state index is 0.120. The second kappa shape index (κ2) is 8.78. The maximum atomic E-state index is 13.0. The number of hydrogen-bond acceptors (Lipinski definition) is 5. The maximum absolute atomic E-state index is 13.0. The molecule has 2 amide bonds. The van der Waals surface area contributed by atoms with Gasteiger partial charge in [-0.15, -0.1) is 0 Å². The maximum Gasteiger partial charge on any atom is 0.254 e. The summed E-state index contributed by atoms with van der Waals surface area (Å²) in [6, 6.07) is 13.5. The molecule has 1 heterocycles. The molecule has 0 spiro atoms. The van der Waals surface area contributed by atoms with E-state index in [1.807, 2.05) is 42.5 Å². The van der Waals surface area contributed by atoms with Crippen LogP contribution in [-0.4, -0.2) is 50.8 Å². The Morgan fingerprint density at radius 3 is 2.58 bits per heavy atom. The Bertz CT molecular complexity index is 1310. The molecule has 4 rings (SSSR count). The second-order valence-corrected chi connectivity index (χ2v) is 7.88. The summed E-state index contributed by atoms with van der Waals surface area (Å²) in [4.78, 5) is 38.1. The fourth-order valence-electron chi connectivity index (χ4n) is 4.30. The summed E-state index contributed by atoms with van der Waals surface area (Å²) < 4.78 is 5.48. The van der Waals surface area contributed by atoms with Gasteiger partial charge in [0, 0.05) is 37.3 Å². The molecule has 0 unspecified atom stereocenters. The quantitative estimate of drug-likeness (QED) is 0.430. The zero-order chi connectivity index (χ0) is 23.7. The molecule has 0 saturated carbocycles. The number of anilines is 1. The van der Waals surface area contributed by atoms with Gasteiger partial charge in [0.15, 0.2) is 6.29 Å². The number of ether oxygens (including phenoxy) is 1. The molecular weight excluding hydrogens is 418 g/mol. The number of rotatable bonds is 7. The van der Waals surface area contributed by atoms with Crippen LogP contribution < -0.4 is 15.4 Å². The van der Waals surface area contributed by atoms with Gasteiger partial charge in [0.2, 0.25) is 5.91 Å². The van der Waals surface area contributed by atoms with Crippen molar-refractivity contribution in [1.29, 1.82) is 0 Å². The Morgan fingerprint density at radius 2 is 1.91 bits per heavy atom. The van der Waals surface area contributed by atoms with E-state index in [9.17, 15) is 14.4 Å². The molecular formula is C26H25N3O4. The summed E-state index contributed by atoms with van der Waals surface area (Å²) >= 11 is 0. The topological polar surface area (TPSA) is 87.7 Å². The molecule has 0 aromatic heterocycles. The molecule has 7 nitrogen and oxygen atoms in total. The highest BCUT2D eigenvalue weighted by Gasteiger charge is 2.30. The average Bonchev–Trinajstić information content (AvgIpc) is 3.17. The van der Waals surface area contributed by atoms with Gasteiger partial charge >= 0.3 is 0 Å². The van der Waals surface area contributed by atoms with Crippen LogP contribution in [0, 0.1) is 0 Å². The lowest BCUT2D eigenvalue weighted by Crippen LogP contribution is -2.31. The first-order valence-corrected chi connectivity index (χ1v) is 10.5. The minimum atomic E-state index is -0.282. The van der Waals surface area contributed by atoms with E-state index in [1.54, 1.807) is 19.1 Å². The number of nitrogens with zero attached hydrogens (tertiary/aromatic N) is 1. The predicted octanol–water partition coefficient (Wildman–Crippen LogP) is 3.63. The lowest BCUT2D eigenvalue weighted by atomic mass is 9.95. The molecule has 2 N–H and O–H groups in total. The molecule has 0 saturated heterocycles. The van der Waals surface area contributed by atoms with E-state index in [4.69, 9.17) is 4.74 Å². The van der Waals surface area contributed by atoms with Gasteiger partial charge in [-0.05, 0) is 51.7 Å². The Kier molecular flexibility index (Phi) is 5.87. The lowest BCUT2D eigenvalue weighted by molar-refractivity contribution is -0.117. The van der Waals surface area contributed by atoms with Gasteiger partial charge in [-0.3, -0.25) is 14.4 Å². The van der Waals surface area contributed by atoms with Crippen LogP contribution in [-0.2, 0) is 11.3 Å². The van der Waals surface area contributed by atoms with Crippen molar-refractivity contribution >= 4 is 34.6 Å². The highest BCUT2D eigenvalue weighted by atomic mass is 16.5. The molecule has 1 aliphatic heterocycles. The third-order valence-corrected chi connectivity index (χ3v) is 5.99. The predicted molar refractivity (Wildman–Crippen MR) is 129 cm³/mol. The van der Waals surface area contributed by atoms with Crippen LogP contribution in [0.3, 0.4) is 0 Å². The standard InChI is InChI=1S/C26H25N3O4/c1-15(25(31)28-3)12-29-13-22-20(26(29)32)8-7-16-5-6-17(10-21(16)22)18-9-19(14-30)24(27-2)23(11-18)33-4/h5-11,14,27H,1,12-13H2,2-4H3,(H,28,31). The highest BCUT2D eigenvalue weighted by molar-refractivity contribution is 6.06. The van der Waals surface area contributed by atoms with Crippen LogP contribution >= 0.6 is 0 Å². The van der Waals surface area contributed by atoms with Crippen molar-refractivity contribution in [2.75, 3.05) is 33.1 Å². The monoisotopic (exact) mass is 443 g/mol. The third kappa shape index (κ3) is 3.82. The second-order valence-electron chi connectivity index (χ2n) is 7.88. The number of carbonyl (C=O) groups excluding carboxylic acids is 3. The van der Waals surface area contributed by atoms with Crippen molar-refractivity contribution in [2.24, 2.45) is 0 Å². The first kappa shape index (κ1) is 22.1. The van der Waals surface area contributed by atoms with Crippen LogP contribution in [0.2, 0.25) is 0 Å². The van der Waals surface area contributed by atoms with Crippen LogP contribution in [0.15, 0.2) is 54.6 Å². The first-order chi connectivity index (χ1) is 15.9. The fraction of sp³-hybridized carbons (Fsp3) is 0.192. The van der Waals surface area contributed by atoms with Crippen LogP contribution in [0.25, 0.3) is 21.9 Å². The van der Waals surface area contributed by atoms with E-state index in [1.165, 1.54) is 7.05 Å². The molecule has 0 fully saturated rings.